The van der Waals surface area contributed by atoms with Crippen molar-refractivity contribution in [3.05, 3.63) is 29.8 Å². The smallest absolute Gasteiger partial charge is 0.485 e. The molecule has 0 aliphatic heterocycles. The van der Waals surface area contributed by atoms with Gasteiger partial charge in [-0.15, -0.1) is 0 Å². The second kappa shape index (κ2) is 6.88. The average Bonchev–Trinajstić information content (AvgIpc) is 2.26. The Labute approximate surface area is 120 Å². The summed E-state index contributed by atoms with van der Waals surface area (Å²) in [7, 11) is -6.07. The Balaban J connectivity index is 0.000000433. The molecule has 0 fully saturated rings. The maximum Gasteiger partial charge on any atom is 0.485 e. The quantitative estimate of drug-likeness (QED) is 0.336. The van der Waals surface area contributed by atoms with E-state index in [4.69, 9.17) is 13.0 Å². The molecule has 1 aromatic rings. The summed E-state index contributed by atoms with van der Waals surface area (Å²) in [6, 6.07) is 5.32. The molecule has 0 saturated heterocycles. The van der Waals surface area contributed by atoms with E-state index in [2.05, 4.69) is 0 Å². The number of hydrogen-bond acceptors (Lipinski definition) is 3. The van der Waals surface area contributed by atoms with E-state index >= 15 is 0 Å². The lowest BCUT2D eigenvalue weighted by atomic mass is 10.2. The lowest BCUT2D eigenvalue weighted by Crippen LogP contribution is -2.21. The van der Waals surface area contributed by atoms with Gasteiger partial charge in [-0.25, -0.2) is 8.42 Å². The van der Waals surface area contributed by atoms with Crippen LogP contribution >= 0.6 is 0 Å². The summed E-state index contributed by atoms with van der Waals surface area (Å²) in [5.41, 5.74) is -6.23. The zero-order valence-electron chi connectivity index (χ0n) is 10.6. The fraction of sp³-hybridized carbons (Fsp3) is 0.400. The molecule has 0 radical (unpaired) electrons. The van der Waals surface area contributed by atoms with Crippen LogP contribution in [-0.4, -0.2) is 31.0 Å². The van der Waals surface area contributed by atoms with E-state index < -0.39 is 27.4 Å². The highest BCUT2D eigenvalue weighted by molar-refractivity contribution is 7.95. The summed E-state index contributed by atoms with van der Waals surface area (Å²) >= 11 is 0. The van der Waals surface area contributed by atoms with Gasteiger partial charge in [0.15, 0.2) is 15.0 Å². The molecular formula is C10H10F6O3S2. The Kier molecular flexibility index (Phi) is 6.57. The Morgan fingerprint density at radius 1 is 0.952 bits per heavy atom. The molecule has 0 unspecified atom stereocenters. The molecule has 0 bridgehead atoms. The highest BCUT2D eigenvalue weighted by Crippen LogP contribution is 2.29. The molecular weight excluding hydrogens is 346 g/mol. The van der Waals surface area contributed by atoms with E-state index in [9.17, 15) is 26.3 Å². The van der Waals surface area contributed by atoms with Crippen LogP contribution in [0.2, 0.25) is 0 Å². The van der Waals surface area contributed by atoms with E-state index in [0.29, 0.717) is 0 Å². The number of hydrogen-bond donors (Lipinski definition) is 0. The third kappa shape index (κ3) is 7.05. The molecule has 0 N–H and O–H groups in total. The minimum atomic E-state index is -6.09. The monoisotopic (exact) mass is 356 g/mol. The number of benzene rings is 1. The molecule has 0 aliphatic carbocycles. The Morgan fingerprint density at radius 2 is 1.29 bits per heavy atom. The lowest BCUT2D eigenvalue weighted by Gasteiger charge is -2.08. The van der Waals surface area contributed by atoms with Crippen molar-refractivity contribution >= 4 is 21.0 Å². The summed E-state index contributed by atoms with van der Waals surface area (Å²) in [6.07, 6.45) is -0.274. The van der Waals surface area contributed by atoms with Crippen molar-refractivity contribution in [1.82, 2.24) is 0 Å². The van der Waals surface area contributed by atoms with Gasteiger partial charge < -0.3 is 4.55 Å². The number of alkyl halides is 6. The SMILES string of the molecule is C[S+](C)c1ccc(C(F)(F)F)cc1.O=S(=O)([O-])C(F)(F)F. The van der Waals surface area contributed by atoms with Gasteiger partial charge in [0.05, 0.1) is 5.56 Å². The third-order valence-electron chi connectivity index (χ3n) is 1.94. The molecule has 122 valence electrons. The van der Waals surface area contributed by atoms with Gasteiger partial charge in [0.2, 0.25) is 0 Å². The average molecular weight is 356 g/mol. The molecule has 21 heavy (non-hydrogen) atoms. The zero-order chi connectivity index (χ0) is 17.1. The molecule has 0 aromatic heterocycles. The van der Waals surface area contributed by atoms with E-state index in [-0.39, 0.29) is 10.9 Å². The van der Waals surface area contributed by atoms with Crippen LogP contribution in [-0.2, 0) is 27.2 Å². The summed E-state index contributed by atoms with van der Waals surface area (Å²) in [5.74, 6) is 0. The largest absolute Gasteiger partial charge is 0.741 e. The normalized spacial score (nSPS) is 12.9. The first-order valence-corrected chi connectivity index (χ1v) is 8.38. The second-order valence-corrected chi connectivity index (χ2v) is 7.21. The number of halogens is 6. The van der Waals surface area contributed by atoms with Crippen LogP contribution in [0, 0.1) is 0 Å². The minimum Gasteiger partial charge on any atom is -0.741 e. The Bertz CT molecular complexity index is 546. The first-order chi connectivity index (χ1) is 9.16. The van der Waals surface area contributed by atoms with Crippen LogP contribution in [0.15, 0.2) is 29.2 Å². The zero-order valence-corrected chi connectivity index (χ0v) is 12.3. The minimum absolute atomic E-state index is 0.0186. The van der Waals surface area contributed by atoms with Crippen molar-refractivity contribution in [2.24, 2.45) is 0 Å². The molecule has 0 atom stereocenters. The fourth-order valence-corrected chi connectivity index (χ4v) is 1.60. The Hall–Kier alpha value is -0.940. The highest BCUT2D eigenvalue weighted by Gasteiger charge is 2.36. The van der Waals surface area contributed by atoms with Crippen LogP contribution in [0.4, 0.5) is 26.3 Å². The summed E-state index contributed by atoms with van der Waals surface area (Å²) in [5, 5.41) is 0. The van der Waals surface area contributed by atoms with Gasteiger partial charge in [0.1, 0.15) is 12.5 Å². The predicted molar refractivity (Wildman–Crippen MR) is 64.7 cm³/mol. The van der Waals surface area contributed by atoms with Crippen LogP contribution in [0.5, 0.6) is 0 Å². The maximum absolute atomic E-state index is 12.1. The van der Waals surface area contributed by atoms with Crippen LogP contribution in [0.25, 0.3) is 0 Å². The fourth-order valence-electron chi connectivity index (χ4n) is 0.916. The molecule has 1 aromatic carbocycles. The van der Waals surface area contributed by atoms with Crippen LogP contribution in [0.1, 0.15) is 5.56 Å². The molecule has 0 spiro atoms. The summed E-state index contributed by atoms with van der Waals surface area (Å²) in [6.45, 7) is 0. The maximum atomic E-state index is 12.1. The van der Waals surface area contributed by atoms with Crippen molar-refractivity contribution in [2.75, 3.05) is 12.5 Å². The van der Waals surface area contributed by atoms with Crippen molar-refractivity contribution < 1.29 is 39.3 Å². The van der Waals surface area contributed by atoms with Gasteiger partial charge in [-0.05, 0) is 24.3 Å². The van der Waals surface area contributed by atoms with Crippen molar-refractivity contribution in [1.29, 1.82) is 0 Å². The van der Waals surface area contributed by atoms with Crippen LogP contribution in [0.3, 0.4) is 0 Å². The van der Waals surface area contributed by atoms with E-state index in [0.717, 1.165) is 17.0 Å². The first kappa shape index (κ1) is 20.1. The van der Waals surface area contributed by atoms with E-state index in [1.54, 1.807) is 0 Å². The Morgan fingerprint density at radius 3 is 1.48 bits per heavy atom. The first-order valence-electron chi connectivity index (χ1n) is 4.93. The molecule has 11 heteroatoms. The van der Waals surface area contributed by atoms with Crippen molar-refractivity contribution in [2.45, 2.75) is 16.6 Å². The van der Waals surface area contributed by atoms with Gasteiger partial charge >= 0.3 is 11.7 Å². The third-order valence-corrected chi connectivity index (χ3v) is 3.72. The van der Waals surface area contributed by atoms with Crippen LogP contribution < -0.4 is 0 Å². The standard InChI is InChI=1S/C9H10F3S.CHF3O3S/c1-13(2)8-5-3-7(4-6-8)9(10,11)12;2-1(3,4)8(5,6)7/h3-6H,1-2H3;(H,5,6,7)/q+1;/p-1. The molecule has 1 rings (SSSR count). The molecule has 0 aliphatic rings. The molecule has 0 saturated carbocycles. The molecule has 0 amide bonds. The second-order valence-electron chi connectivity index (χ2n) is 3.74. The van der Waals surface area contributed by atoms with Gasteiger partial charge in [0, 0.05) is 10.9 Å². The van der Waals surface area contributed by atoms with Gasteiger partial charge in [-0.2, -0.15) is 26.3 Å². The van der Waals surface area contributed by atoms with E-state index in [1.807, 2.05) is 12.5 Å². The van der Waals surface area contributed by atoms with Gasteiger partial charge in [-0.3, -0.25) is 0 Å². The van der Waals surface area contributed by atoms with Gasteiger partial charge in [-0.1, -0.05) is 0 Å². The van der Waals surface area contributed by atoms with Crippen molar-refractivity contribution in [3.8, 4) is 0 Å². The van der Waals surface area contributed by atoms with Crippen molar-refractivity contribution in [3.63, 3.8) is 0 Å². The predicted octanol–water partition coefficient (Wildman–Crippen LogP) is 2.99. The summed E-state index contributed by atoms with van der Waals surface area (Å²) < 4.78 is 95.3. The number of rotatable bonds is 1. The lowest BCUT2D eigenvalue weighted by molar-refractivity contribution is -0.137. The molecule has 0 heterocycles. The molecule has 3 nitrogen and oxygen atoms in total. The van der Waals surface area contributed by atoms with E-state index in [1.165, 1.54) is 12.1 Å². The highest BCUT2D eigenvalue weighted by atomic mass is 32.2. The summed E-state index contributed by atoms with van der Waals surface area (Å²) in [4.78, 5) is 0.952. The topological polar surface area (TPSA) is 57.2 Å². The van der Waals surface area contributed by atoms with Gasteiger partial charge in [0.25, 0.3) is 0 Å².